The van der Waals surface area contributed by atoms with Crippen molar-refractivity contribution < 1.29 is 40.7 Å². The fourth-order valence-corrected chi connectivity index (χ4v) is 4.16. The monoisotopic (exact) mass is 650 g/mol. The molecule has 4 rings (SSSR count). The smallest absolute Gasteiger partial charge is 0.416 e. The van der Waals surface area contributed by atoms with Crippen LogP contribution in [0.25, 0.3) is 0 Å². The van der Waals surface area contributed by atoms with Crippen LogP contribution in [0, 0.1) is 0 Å². The summed E-state index contributed by atoms with van der Waals surface area (Å²) in [6, 6.07) is 21.4. The lowest BCUT2D eigenvalue weighted by atomic mass is 10.1. The molecule has 0 radical (unpaired) electrons. The van der Waals surface area contributed by atoms with Crippen LogP contribution in [0.2, 0.25) is 5.02 Å². The van der Waals surface area contributed by atoms with E-state index in [2.05, 4.69) is 10.6 Å². The predicted molar refractivity (Wildman–Crippen MR) is 159 cm³/mol. The molecule has 0 fully saturated rings. The molecule has 4 amide bonds. The van der Waals surface area contributed by atoms with Crippen LogP contribution >= 0.6 is 11.6 Å². The van der Waals surface area contributed by atoms with Crippen LogP contribution in [-0.4, -0.2) is 25.2 Å². The zero-order valence-corrected chi connectivity index (χ0v) is 23.9. The molecule has 3 N–H and O–H groups in total. The molecule has 236 valence electrons. The molecule has 0 saturated carbocycles. The van der Waals surface area contributed by atoms with Gasteiger partial charge in [-0.25, -0.2) is 9.59 Å². The average molecular weight is 651 g/mol. The van der Waals surface area contributed by atoms with Gasteiger partial charge in [0.05, 0.1) is 11.1 Å². The minimum Gasteiger partial charge on any atom is -0.457 e. The van der Waals surface area contributed by atoms with Gasteiger partial charge in [-0.15, -0.1) is 0 Å². The highest BCUT2D eigenvalue weighted by Crippen LogP contribution is 2.37. The van der Waals surface area contributed by atoms with Gasteiger partial charge in [0.1, 0.15) is 11.5 Å². The maximum absolute atomic E-state index is 13.2. The Balaban J connectivity index is 1.41. The van der Waals surface area contributed by atoms with E-state index in [1.54, 1.807) is 60.7 Å². The minimum absolute atomic E-state index is 0.0346. The second kappa shape index (κ2) is 14.2. The van der Waals surface area contributed by atoms with Gasteiger partial charge in [0.2, 0.25) is 0 Å². The number of ether oxygens (including phenoxy) is 1. The number of halogens is 7. The topological polar surface area (TPSA) is 82.7 Å². The van der Waals surface area contributed by atoms with Gasteiger partial charge >= 0.3 is 24.4 Å². The summed E-state index contributed by atoms with van der Waals surface area (Å²) < 4.78 is 84.6. The summed E-state index contributed by atoms with van der Waals surface area (Å²) in [5.74, 6) is 1.14. The van der Waals surface area contributed by atoms with Crippen molar-refractivity contribution in [2.45, 2.75) is 18.8 Å². The van der Waals surface area contributed by atoms with Gasteiger partial charge in [0.25, 0.3) is 0 Å². The van der Waals surface area contributed by atoms with Crippen molar-refractivity contribution >= 4 is 40.7 Å². The van der Waals surface area contributed by atoms with Gasteiger partial charge in [-0.1, -0.05) is 29.8 Å². The summed E-state index contributed by atoms with van der Waals surface area (Å²) in [5, 5.41) is 7.61. The Morgan fingerprint density at radius 2 is 1.29 bits per heavy atom. The summed E-state index contributed by atoms with van der Waals surface area (Å²) in [6.07, 6.45) is -9.95. The van der Waals surface area contributed by atoms with E-state index in [1.165, 1.54) is 4.90 Å². The molecule has 0 atom stereocenters. The first-order valence-electron chi connectivity index (χ1n) is 13.3. The van der Waals surface area contributed by atoms with Crippen molar-refractivity contribution in [1.29, 1.82) is 0 Å². The molecule has 0 bridgehead atoms. The first-order chi connectivity index (χ1) is 21.3. The molecule has 0 aliphatic heterocycles. The Labute approximate surface area is 258 Å². The molecule has 14 heteroatoms. The predicted octanol–water partition coefficient (Wildman–Crippen LogP) is 9.42. The minimum atomic E-state index is -5.06. The third-order valence-corrected chi connectivity index (χ3v) is 6.41. The molecule has 0 saturated heterocycles. The fourth-order valence-electron chi connectivity index (χ4n) is 4.03. The average Bonchev–Trinajstić information content (AvgIpc) is 2.98. The third kappa shape index (κ3) is 9.80. The maximum Gasteiger partial charge on any atom is 0.416 e. The van der Waals surface area contributed by atoms with Crippen molar-refractivity contribution in [3.63, 3.8) is 0 Å². The SMILES string of the molecule is O=C(NCCCN(C(=O)Nc1ccc(Cl)cc1)c1ccc(Oc2ccccc2)cc1)Nc1cc(C(F)(F)F)cc(C(F)(F)F)c1. The van der Waals surface area contributed by atoms with E-state index in [-0.39, 0.29) is 25.6 Å². The van der Waals surface area contributed by atoms with Crippen molar-refractivity contribution in [3.05, 3.63) is 113 Å². The molecule has 0 aliphatic carbocycles. The standard InChI is InChI=1S/C31H25ClF6N4O3/c32-22-7-9-23(10-8-22)41-29(44)42(25-11-13-27(14-12-25)45-26-5-2-1-3-6-26)16-4-15-39-28(43)40-24-18-20(30(33,34)35)17-21(19-24)31(36,37)38/h1-3,5-14,17-19H,4,15-16H2,(H,41,44)(H2,39,40,43). The quantitative estimate of drug-likeness (QED) is 0.125. The Morgan fingerprint density at radius 1 is 0.711 bits per heavy atom. The van der Waals surface area contributed by atoms with Gasteiger partial charge < -0.3 is 20.7 Å². The summed E-state index contributed by atoms with van der Waals surface area (Å²) in [7, 11) is 0. The van der Waals surface area contributed by atoms with Crippen LogP contribution in [0.4, 0.5) is 53.0 Å². The molecule has 0 aromatic heterocycles. The Bertz CT molecular complexity index is 1570. The van der Waals surface area contributed by atoms with Gasteiger partial charge in [-0.2, -0.15) is 26.3 Å². The van der Waals surface area contributed by atoms with E-state index in [1.807, 2.05) is 23.5 Å². The van der Waals surface area contributed by atoms with Gasteiger partial charge in [0.15, 0.2) is 0 Å². The van der Waals surface area contributed by atoms with E-state index in [9.17, 15) is 35.9 Å². The number of alkyl halides is 6. The first-order valence-corrected chi connectivity index (χ1v) is 13.7. The van der Waals surface area contributed by atoms with Crippen molar-refractivity contribution in [2.24, 2.45) is 0 Å². The molecule has 0 unspecified atom stereocenters. The highest BCUT2D eigenvalue weighted by Gasteiger charge is 2.37. The molecule has 0 heterocycles. The lowest BCUT2D eigenvalue weighted by molar-refractivity contribution is -0.143. The number of hydrogen-bond acceptors (Lipinski definition) is 3. The second-order valence-corrected chi connectivity index (χ2v) is 9.96. The zero-order chi connectivity index (χ0) is 32.6. The Hall–Kier alpha value is -4.91. The highest BCUT2D eigenvalue weighted by atomic mass is 35.5. The zero-order valence-electron chi connectivity index (χ0n) is 23.2. The van der Waals surface area contributed by atoms with Crippen LogP contribution in [-0.2, 0) is 12.4 Å². The molecule has 7 nitrogen and oxygen atoms in total. The number of amides is 4. The summed E-state index contributed by atoms with van der Waals surface area (Å²) in [4.78, 5) is 27.0. The molecule has 4 aromatic rings. The first kappa shape index (κ1) is 33.0. The number of carbonyl (C=O) groups excluding carboxylic acids is 2. The van der Waals surface area contributed by atoms with Gasteiger partial charge in [0, 0.05) is 35.2 Å². The summed E-state index contributed by atoms with van der Waals surface area (Å²) in [6.45, 7) is -0.00276. The summed E-state index contributed by atoms with van der Waals surface area (Å²) >= 11 is 5.92. The van der Waals surface area contributed by atoms with Crippen LogP contribution in [0.3, 0.4) is 0 Å². The maximum atomic E-state index is 13.2. The van der Waals surface area contributed by atoms with E-state index in [0.717, 1.165) is 0 Å². The number of urea groups is 2. The van der Waals surface area contributed by atoms with E-state index in [4.69, 9.17) is 16.3 Å². The highest BCUT2D eigenvalue weighted by molar-refractivity contribution is 6.30. The van der Waals surface area contributed by atoms with E-state index in [0.29, 0.717) is 40.0 Å². The van der Waals surface area contributed by atoms with Crippen molar-refractivity contribution in [3.8, 4) is 11.5 Å². The molecule has 0 spiro atoms. The molecular weight excluding hydrogens is 626 g/mol. The number of para-hydroxylation sites is 1. The number of anilines is 3. The van der Waals surface area contributed by atoms with Crippen LogP contribution < -0.4 is 25.6 Å². The lowest BCUT2D eigenvalue weighted by Crippen LogP contribution is -2.38. The Morgan fingerprint density at radius 3 is 1.87 bits per heavy atom. The van der Waals surface area contributed by atoms with E-state index < -0.39 is 41.2 Å². The number of carbonyl (C=O) groups is 2. The number of nitrogens with zero attached hydrogens (tertiary/aromatic N) is 1. The molecule has 45 heavy (non-hydrogen) atoms. The number of nitrogens with one attached hydrogen (secondary N) is 3. The van der Waals surface area contributed by atoms with Crippen molar-refractivity contribution in [1.82, 2.24) is 5.32 Å². The van der Waals surface area contributed by atoms with Gasteiger partial charge in [-0.3, -0.25) is 4.90 Å². The molecular formula is C31H25ClF6N4O3. The number of hydrogen-bond donors (Lipinski definition) is 3. The Kier molecular flexibility index (Phi) is 10.4. The van der Waals surface area contributed by atoms with Gasteiger partial charge in [-0.05, 0) is 85.3 Å². The van der Waals surface area contributed by atoms with Crippen molar-refractivity contribution in [2.75, 3.05) is 28.6 Å². The normalized spacial score (nSPS) is 11.4. The summed E-state index contributed by atoms with van der Waals surface area (Å²) in [5.41, 5.74) is -2.85. The van der Waals surface area contributed by atoms with Crippen LogP contribution in [0.5, 0.6) is 11.5 Å². The molecule has 0 aliphatic rings. The van der Waals surface area contributed by atoms with E-state index >= 15 is 0 Å². The number of benzene rings is 4. The largest absolute Gasteiger partial charge is 0.457 e. The fraction of sp³-hybridized carbons (Fsp3) is 0.161. The van der Waals surface area contributed by atoms with Crippen LogP contribution in [0.1, 0.15) is 17.5 Å². The van der Waals surface area contributed by atoms with Crippen LogP contribution in [0.15, 0.2) is 97.1 Å². The molecule has 4 aromatic carbocycles. The number of rotatable bonds is 9. The lowest BCUT2D eigenvalue weighted by Gasteiger charge is -2.24. The second-order valence-electron chi connectivity index (χ2n) is 9.53. The third-order valence-electron chi connectivity index (χ3n) is 6.16.